The van der Waals surface area contributed by atoms with E-state index in [0.29, 0.717) is 12.4 Å². The van der Waals surface area contributed by atoms with Crippen molar-refractivity contribution in [3.8, 4) is 11.4 Å². The lowest BCUT2D eigenvalue weighted by molar-refractivity contribution is 0.570. The highest BCUT2D eigenvalue weighted by molar-refractivity contribution is 7.92. The number of halogens is 2. The second-order valence-corrected chi connectivity index (χ2v) is 8.28. The van der Waals surface area contributed by atoms with Gasteiger partial charge in [0.15, 0.2) is 5.82 Å². The Morgan fingerprint density at radius 3 is 2.61 bits per heavy atom. The monoisotopic (exact) mass is 404 g/mol. The highest BCUT2D eigenvalue weighted by atomic mass is 32.2. The highest BCUT2D eigenvalue weighted by Crippen LogP contribution is 2.28. The van der Waals surface area contributed by atoms with Crippen molar-refractivity contribution < 1.29 is 17.2 Å². The summed E-state index contributed by atoms with van der Waals surface area (Å²) in [6.07, 6.45) is 3.78. The number of anilines is 1. The van der Waals surface area contributed by atoms with E-state index in [1.165, 1.54) is 30.3 Å². The maximum Gasteiger partial charge on any atom is 0.264 e. The van der Waals surface area contributed by atoms with E-state index < -0.39 is 26.6 Å². The Morgan fingerprint density at radius 2 is 1.79 bits per heavy atom. The summed E-state index contributed by atoms with van der Waals surface area (Å²) in [4.78, 5) is -0.475. The molecule has 28 heavy (non-hydrogen) atoms. The van der Waals surface area contributed by atoms with Crippen LogP contribution in [0.3, 0.4) is 0 Å². The molecule has 4 rings (SSSR count). The van der Waals surface area contributed by atoms with Crippen LogP contribution in [0.5, 0.6) is 0 Å². The fourth-order valence-corrected chi connectivity index (χ4v) is 4.45. The molecule has 1 N–H and O–H groups in total. The SMILES string of the molecule is O=S(=O)(Nc1ccc(F)c(-c2nnc3n2CCCCC3)c1)c1ccccc1F. The maximum atomic E-state index is 14.5. The van der Waals surface area contributed by atoms with Crippen molar-refractivity contribution >= 4 is 15.7 Å². The molecule has 0 saturated heterocycles. The molecule has 6 nitrogen and oxygen atoms in total. The van der Waals surface area contributed by atoms with Gasteiger partial charge < -0.3 is 4.57 Å². The van der Waals surface area contributed by atoms with Crippen LogP contribution in [-0.2, 0) is 23.0 Å². The summed E-state index contributed by atoms with van der Waals surface area (Å²) < 4.78 is 57.6. The van der Waals surface area contributed by atoms with Crippen LogP contribution >= 0.6 is 0 Å². The molecule has 0 saturated carbocycles. The molecule has 0 atom stereocenters. The lowest BCUT2D eigenvalue weighted by atomic mass is 10.1. The highest BCUT2D eigenvalue weighted by Gasteiger charge is 2.22. The Kier molecular flexibility index (Phi) is 4.84. The van der Waals surface area contributed by atoms with Gasteiger partial charge in [-0.05, 0) is 43.2 Å². The molecular formula is C19H18F2N4O2S. The van der Waals surface area contributed by atoms with Gasteiger partial charge in [0.2, 0.25) is 0 Å². The van der Waals surface area contributed by atoms with Crippen molar-refractivity contribution in [3.63, 3.8) is 0 Å². The zero-order valence-corrected chi connectivity index (χ0v) is 15.7. The Labute approximate surface area is 161 Å². The number of hydrogen-bond acceptors (Lipinski definition) is 4. The van der Waals surface area contributed by atoms with Crippen LogP contribution in [-0.4, -0.2) is 23.2 Å². The standard InChI is InChI=1S/C19H18F2N4O2S/c20-15-10-9-13(24-28(26,27)17-7-4-3-6-16(17)21)12-14(15)19-23-22-18-8-2-1-5-11-25(18)19/h3-4,6-7,9-10,12,24H,1-2,5,8,11H2. The van der Waals surface area contributed by atoms with E-state index in [-0.39, 0.29) is 11.3 Å². The third-order valence-electron chi connectivity index (χ3n) is 4.70. The fourth-order valence-electron chi connectivity index (χ4n) is 3.32. The molecule has 0 fully saturated rings. The van der Waals surface area contributed by atoms with Gasteiger partial charge in [-0.25, -0.2) is 17.2 Å². The van der Waals surface area contributed by atoms with E-state index in [4.69, 9.17) is 0 Å². The fraction of sp³-hybridized carbons (Fsp3) is 0.263. The van der Waals surface area contributed by atoms with Crippen LogP contribution in [0.1, 0.15) is 25.1 Å². The van der Waals surface area contributed by atoms with Crippen LogP contribution < -0.4 is 4.72 Å². The van der Waals surface area contributed by atoms with E-state index in [1.54, 1.807) is 0 Å². The summed E-state index contributed by atoms with van der Waals surface area (Å²) >= 11 is 0. The molecule has 1 aromatic heterocycles. The number of fused-ring (bicyclic) bond motifs is 1. The molecule has 0 aliphatic carbocycles. The average molecular weight is 404 g/mol. The molecule has 0 radical (unpaired) electrons. The first-order valence-corrected chi connectivity index (χ1v) is 10.4. The first-order chi connectivity index (χ1) is 13.5. The third kappa shape index (κ3) is 3.49. The first kappa shape index (κ1) is 18.5. The smallest absolute Gasteiger partial charge is 0.264 e. The molecule has 2 aromatic carbocycles. The van der Waals surface area contributed by atoms with Crippen molar-refractivity contribution in [2.45, 2.75) is 37.1 Å². The Bertz CT molecular complexity index is 1130. The summed E-state index contributed by atoms with van der Waals surface area (Å²) in [5.74, 6) is -0.237. The van der Waals surface area contributed by atoms with Crippen molar-refractivity contribution in [1.29, 1.82) is 0 Å². The normalized spacial score (nSPS) is 14.4. The van der Waals surface area contributed by atoms with Crippen LogP contribution in [0.2, 0.25) is 0 Å². The van der Waals surface area contributed by atoms with Crippen LogP contribution in [0.4, 0.5) is 14.5 Å². The number of aromatic nitrogens is 3. The number of nitrogens with zero attached hydrogens (tertiary/aromatic N) is 3. The van der Waals surface area contributed by atoms with Crippen LogP contribution in [0.15, 0.2) is 47.4 Å². The predicted octanol–water partition coefficient (Wildman–Crippen LogP) is 3.75. The van der Waals surface area contributed by atoms with E-state index in [1.807, 2.05) is 4.57 Å². The lowest BCUT2D eigenvalue weighted by Crippen LogP contribution is -2.14. The van der Waals surface area contributed by atoms with Gasteiger partial charge in [0.05, 0.1) is 5.56 Å². The first-order valence-electron chi connectivity index (χ1n) is 8.95. The topological polar surface area (TPSA) is 76.9 Å². The van der Waals surface area contributed by atoms with E-state index >= 15 is 0 Å². The van der Waals surface area contributed by atoms with Gasteiger partial charge >= 0.3 is 0 Å². The van der Waals surface area contributed by atoms with Crippen LogP contribution in [0, 0.1) is 11.6 Å². The third-order valence-corrected chi connectivity index (χ3v) is 6.11. The summed E-state index contributed by atoms with van der Waals surface area (Å²) in [5.41, 5.74) is 0.264. The molecule has 146 valence electrons. The molecule has 2 heterocycles. The Balaban J connectivity index is 1.71. The zero-order chi connectivity index (χ0) is 19.7. The minimum Gasteiger partial charge on any atom is -0.311 e. The molecule has 0 amide bonds. The van der Waals surface area contributed by atoms with Crippen molar-refractivity contribution in [2.75, 3.05) is 4.72 Å². The van der Waals surface area contributed by atoms with Gasteiger partial charge in [0.1, 0.15) is 22.4 Å². The number of sulfonamides is 1. The largest absolute Gasteiger partial charge is 0.311 e. The van der Waals surface area contributed by atoms with Crippen molar-refractivity contribution in [1.82, 2.24) is 14.8 Å². The average Bonchev–Trinajstić information content (AvgIpc) is 2.91. The summed E-state index contributed by atoms with van der Waals surface area (Å²) in [7, 11) is -4.16. The van der Waals surface area contributed by atoms with E-state index in [9.17, 15) is 17.2 Å². The number of hydrogen-bond donors (Lipinski definition) is 1. The van der Waals surface area contributed by atoms with Crippen LogP contribution in [0.25, 0.3) is 11.4 Å². The van der Waals surface area contributed by atoms with Gasteiger partial charge in [-0.1, -0.05) is 18.6 Å². The summed E-state index contributed by atoms with van der Waals surface area (Å²) in [6.45, 7) is 0.683. The minimum absolute atomic E-state index is 0.116. The van der Waals surface area contributed by atoms with E-state index in [2.05, 4.69) is 14.9 Å². The predicted molar refractivity (Wildman–Crippen MR) is 100 cm³/mol. The molecule has 0 spiro atoms. The quantitative estimate of drug-likeness (QED) is 0.719. The van der Waals surface area contributed by atoms with E-state index in [0.717, 1.165) is 43.6 Å². The number of nitrogens with one attached hydrogen (secondary N) is 1. The Morgan fingerprint density at radius 1 is 0.964 bits per heavy atom. The molecule has 9 heteroatoms. The van der Waals surface area contributed by atoms with Gasteiger partial charge in [-0.15, -0.1) is 10.2 Å². The number of benzene rings is 2. The van der Waals surface area contributed by atoms with Crippen molar-refractivity contribution in [3.05, 3.63) is 59.9 Å². The summed E-state index contributed by atoms with van der Waals surface area (Å²) in [6, 6.07) is 8.87. The second-order valence-electron chi connectivity index (χ2n) is 6.63. The Hall–Kier alpha value is -2.81. The maximum absolute atomic E-state index is 14.5. The molecule has 0 unspecified atom stereocenters. The van der Waals surface area contributed by atoms with Crippen molar-refractivity contribution in [2.24, 2.45) is 0 Å². The van der Waals surface area contributed by atoms with Gasteiger partial charge in [-0.3, -0.25) is 4.72 Å². The molecular weight excluding hydrogens is 386 g/mol. The van der Waals surface area contributed by atoms with Gasteiger partial charge in [0.25, 0.3) is 10.0 Å². The number of rotatable bonds is 4. The zero-order valence-electron chi connectivity index (χ0n) is 14.9. The molecule has 0 bridgehead atoms. The lowest BCUT2D eigenvalue weighted by Gasteiger charge is -2.12. The number of aryl methyl sites for hydroxylation is 1. The molecule has 1 aliphatic heterocycles. The molecule has 3 aromatic rings. The van der Waals surface area contributed by atoms with Gasteiger partial charge in [0, 0.05) is 18.7 Å². The summed E-state index contributed by atoms with van der Waals surface area (Å²) in [5, 5.41) is 8.27. The minimum atomic E-state index is -4.16. The molecule has 1 aliphatic rings. The second kappa shape index (κ2) is 7.31. The van der Waals surface area contributed by atoms with Gasteiger partial charge in [-0.2, -0.15) is 0 Å².